The number of aromatic nitrogens is 5. The molecule has 15 heteroatoms. The van der Waals surface area contributed by atoms with Crippen molar-refractivity contribution >= 4 is 17.6 Å². The summed E-state index contributed by atoms with van der Waals surface area (Å²) in [6.45, 7) is 0.390. The molecule has 178 valence electrons. The van der Waals surface area contributed by atoms with E-state index in [0.29, 0.717) is 12.2 Å². The summed E-state index contributed by atoms with van der Waals surface area (Å²) in [7, 11) is 1.74. The molecule has 0 spiro atoms. The molecular weight excluding hydrogens is 468 g/mol. The lowest BCUT2D eigenvalue weighted by molar-refractivity contribution is -0.141. The minimum absolute atomic E-state index is 0.0380. The van der Waals surface area contributed by atoms with Crippen LogP contribution in [0.5, 0.6) is 0 Å². The van der Waals surface area contributed by atoms with Gasteiger partial charge < -0.3 is 15.6 Å². The topological polar surface area (TPSA) is 104 Å². The summed E-state index contributed by atoms with van der Waals surface area (Å²) < 4.78 is 78.3. The Labute approximate surface area is 188 Å². The Bertz CT molecular complexity index is 1230. The Morgan fingerprint density at radius 2 is 1.59 bits per heavy atom. The second-order valence-electron chi connectivity index (χ2n) is 6.99. The SMILES string of the molecule is CN1C=C(Nc2nc(Nc3ccnc(C(F)(F)F)c3)nc(-c3cccc(C(F)(F)F)n3)n2)CN1. The van der Waals surface area contributed by atoms with Gasteiger partial charge >= 0.3 is 12.4 Å². The molecule has 0 atom stereocenters. The molecule has 0 amide bonds. The predicted molar refractivity (Wildman–Crippen MR) is 108 cm³/mol. The lowest BCUT2D eigenvalue weighted by Gasteiger charge is -2.12. The van der Waals surface area contributed by atoms with E-state index in [2.05, 4.69) is 41.0 Å². The molecule has 3 aromatic rings. The van der Waals surface area contributed by atoms with Gasteiger partial charge in [0.1, 0.15) is 17.1 Å². The molecule has 3 aromatic heterocycles. The zero-order chi connectivity index (χ0) is 24.5. The summed E-state index contributed by atoms with van der Waals surface area (Å²) in [6, 6.07) is 5.22. The number of hydrazine groups is 1. The Hall–Kier alpha value is -4.01. The molecule has 9 nitrogen and oxygen atoms in total. The summed E-state index contributed by atoms with van der Waals surface area (Å²) in [5, 5.41) is 7.17. The monoisotopic (exact) mass is 483 g/mol. The molecule has 0 radical (unpaired) electrons. The van der Waals surface area contributed by atoms with Gasteiger partial charge in [0.05, 0.1) is 12.2 Å². The number of alkyl halides is 6. The lowest BCUT2D eigenvalue weighted by Crippen LogP contribution is -2.24. The summed E-state index contributed by atoms with van der Waals surface area (Å²) in [4.78, 5) is 19.2. The number of pyridine rings is 2. The maximum absolute atomic E-state index is 13.1. The van der Waals surface area contributed by atoms with E-state index in [1.807, 2.05) is 0 Å². The number of nitrogens with one attached hydrogen (secondary N) is 3. The van der Waals surface area contributed by atoms with E-state index >= 15 is 0 Å². The Morgan fingerprint density at radius 1 is 0.882 bits per heavy atom. The molecule has 0 saturated carbocycles. The van der Waals surface area contributed by atoms with Crippen LogP contribution in [0.15, 0.2) is 48.4 Å². The van der Waals surface area contributed by atoms with Gasteiger partial charge in [0.15, 0.2) is 5.82 Å². The van der Waals surface area contributed by atoms with Crippen molar-refractivity contribution in [3.05, 3.63) is 59.8 Å². The fourth-order valence-electron chi connectivity index (χ4n) is 2.87. The Morgan fingerprint density at radius 3 is 2.24 bits per heavy atom. The molecule has 0 aliphatic carbocycles. The van der Waals surface area contributed by atoms with E-state index in [-0.39, 0.29) is 29.1 Å². The standard InChI is InChI=1S/C19H15F6N9/c1-34-9-11(8-27-34)29-17-32-15(12-3-2-4-13(30-12)18(20,21)22)31-16(33-17)28-10-5-6-26-14(7-10)19(23,24)25/h2-7,9,27H,8H2,1H3,(H2,26,28,29,31,32,33). The molecule has 34 heavy (non-hydrogen) atoms. The molecule has 3 N–H and O–H groups in total. The highest BCUT2D eigenvalue weighted by molar-refractivity contribution is 5.59. The van der Waals surface area contributed by atoms with Crippen molar-refractivity contribution in [2.45, 2.75) is 12.4 Å². The maximum Gasteiger partial charge on any atom is 0.433 e. The van der Waals surface area contributed by atoms with E-state index < -0.39 is 23.7 Å². The third-order valence-electron chi connectivity index (χ3n) is 4.35. The zero-order valence-electron chi connectivity index (χ0n) is 17.2. The van der Waals surface area contributed by atoms with E-state index in [9.17, 15) is 26.3 Å². The number of rotatable bonds is 5. The summed E-state index contributed by atoms with van der Waals surface area (Å²) in [5.74, 6) is -0.498. The van der Waals surface area contributed by atoms with Crippen molar-refractivity contribution in [2.24, 2.45) is 0 Å². The van der Waals surface area contributed by atoms with Gasteiger partial charge in [-0.2, -0.15) is 41.3 Å². The van der Waals surface area contributed by atoms with Gasteiger partial charge in [0, 0.05) is 25.1 Å². The average Bonchev–Trinajstić information content (AvgIpc) is 3.17. The van der Waals surface area contributed by atoms with Crippen molar-refractivity contribution in [1.29, 1.82) is 0 Å². The van der Waals surface area contributed by atoms with Gasteiger partial charge in [0.25, 0.3) is 0 Å². The van der Waals surface area contributed by atoms with Gasteiger partial charge in [-0.25, -0.2) is 10.4 Å². The number of hydrogen-bond acceptors (Lipinski definition) is 9. The fourth-order valence-corrected chi connectivity index (χ4v) is 2.87. The average molecular weight is 483 g/mol. The summed E-state index contributed by atoms with van der Waals surface area (Å²) >= 11 is 0. The van der Waals surface area contributed by atoms with Crippen LogP contribution in [-0.4, -0.2) is 43.5 Å². The fraction of sp³-hybridized carbons (Fsp3) is 0.211. The quantitative estimate of drug-likeness (QED) is 0.468. The van der Waals surface area contributed by atoms with E-state index in [1.165, 1.54) is 12.1 Å². The van der Waals surface area contributed by atoms with Crippen LogP contribution in [0.4, 0.5) is 43.9 Å². The first-order valence-corrected chi connectivity index (χ1v) is 9.52. The largest absolute Gasteiger partial charge is 0.433 e. The molecule has 0 aromatic carbocycles. The van der Waals surface area contributed by atoms with Crippen LogP contribution in [0.2, 0.25) is 0 Å². The van der Waals surface area contributed by atoms with Gasteiger partial charge in [-0.05, 0) is 24.3 Å². The third kappa shape index (κ3) is 5.48. The lowest BCUT2D eigenvalue weighted by atomic mass is 10.3. The van der Waals surface area contributed by atoms with Crippen molar-refractivity contribution in [1.82, 2.24) is 35.4 Å². The summed E-state index contributed by atoms with van der Waals surface area (Å²) in [6.07, 6.45) is -6.73. The van der Waals surface area contributed by atoms with Gasteiger partial charge in [-0.15, -0.1) is 0 Å². The first-order chi connectivity index (χ1) is 16.0. The van der Waals surface area contributed by atoms with Crippen LogP contribution < -0.4 is 16.1 Å². The highest BCUT2D eigenvalue weighted by Gasteiger charge is 2.33. The van der Waals surface area contributed by atoms with Gasteiger partial charge in [-0.1, -0.05) is 6.07 Å². The van der Waals surface area contributed by atoms with Crippen LogP contribution in [-0.2, 0) is 12.4 Å². The van der Waals surface area contributed by atoms with E-state index in [4.69, 9.17) is 0 Å². The number of anilines is 3. The van der Waals surface area contributed by atoms with Crippen LogP contribution in [0, 0.1) is 0 Å². The normalized spacial score (nSPS) is 14.2. The van der Waals surface area contributed by atoms with Crippen molar-refractivity contribution in [3.8, 4) is 11.5 Å². The van der Waals surface area contributed by atoms with Gasteiger partial charge in [-0.3, -0.25) is 4.98 Å². The van der Waals surface area contributed by atoms with Crippen LogP contribution in [0.3, 0.4) is 0 Å². The maximum atomic E-state index is 13.1. The van der Waals surface area contributed by atoms with Crippen LogP contribution >= 0.6 is 0 Å². The molecule has 4 rings (SSSR count). The number of hydrogen-bond donors (Lipinski definition) is 3. The molecule has 0 unspecified atom stereocenters. The Kier molecular flexibility index (Phi) is 5.95. The first kappa shape index (κ1) is 23.2. The second-order valence-corrected chi connectivity index (χ2v) is 6.99. The van der Waals surface area contributed by atoms with E-state index in [0.717, 1.165) is 24.4 Å². The van der Waals surface area contributed by atoms with Crippen LogP contribution in [0.1, 0.15) is 11.4 Å². The van der Waals surface area contributed by atoms with Crippen molar-refractivity contribution < 1.29 is 26.3 Å². The van der Waals surface area contributed by atoms with Gasteiger partial charge in [0.2, 0.25) is 11.9 Å². The minimum atomic E-state index is -4.69. The van der Waals surface area contributed by atoms with Crippen molar-refractivity contribution in [3.63, 3.8) is 0 Å². The molecule has 1 aliphatic heterocycles. The molecule has 0 saturated heterocycles. The third-order valence-corrected chi connectivity index (χ3v) is 4.35. The molecule has 0 fully saturated rings. The smallest absolute Gasteiger partial charge is 0.325 e. The molecular formula is C19H15F6N9. The first-order valence-electron chi connectivity index (χ1n) is 9.52. The number of halogens is 6. The second kappa shape index (κ2) is 8.74. The Balaban J connectivity index is 1.73. The zero-order valence-corrected chi connectivity index (χ0v) is 17.2. The predicted octanol–water partition coefficient (Wildman–Crippen LogP) is 3.81. The molecule has 1 aliphatic rings. The molecule has 0 bridgehead atoms. The minimum Gasteiger partial charge on any atom is -0.325 e. The number of nitrogens with zero attached hydrogens (tertiary/aromatic N) is 6. The highest BCUT2D eigenvalue weighted by atomic mass is 19.4. The highest BCUT2D eigenvalue weighted by Crippen LogP contribution is 2.31. The van der Waals surface area contributed by atoms with Crippen LogP contribution in [0.25, 0.3) is 11.5 Å². The summed E-state index contributed by atoms with van der Waals surface area (Å²) in [5.41, 5.74) is 1.07. The molecule has 4 heterocycles. The van der Waals surface area contributed by atoms with Crippen molar-refractivity contribution in [2.75, 3.05) is 24.2 Å². The van der Waals surface area contributed by atoms with E-state index in [1.54, 1.807) is 18.3 Å².